The summed E-state index contributed by atoms with van der Waals surface area (Å²) >= 11 is 1.16. The quantitative estimate of drug-likeness (QED) is 0.193. The van der Waals surface area contributed by atoms with Crippen molar-refractivity contribution in [2.24, 2.45) is 0 Å². The van der Waals surface area contributed by atoms with E-state index in [4.69, 9.17) is 0 Å². The molecule has 3 aromatic carbocycles. The molecule has 10 heteroatoms. The summed E-state index contributed by atoms with van der Waals surface area (Å²) in [7, 11) is 0. The number of nitrogens with one attached hydrogen (secondary N) is 1. The number of carbonyl (C=O) groups is 3. The molecule has 1 aliphatic heterocycles. The molecule has 3 heterocycles. The summed E-state index contributed by atoms with van der Waals surface area (Å²) < 4.78 is 0. The molecular formula is C35H33N5O4S. The van der Waals surface area contributed by atoms with Crippen LogP contribution in [0.15, 0.2) is 113 Å². The molecule has 2 aromatic heterocycles. The normalized spacial score (nSPS) is 14.4. The molecule has 1 fully saturated rings. The van der Waals surface area contributed by atoms with Gasteiger partial charge < -0.3 is 15.0 Å². The molecule has 0 unspecified atom stereocenters. The monoisotopic (exact) mass is 619 g/mol. The van der Waals surface area contributed by atoms with Crippen LogP contribution >= 0.6 is 11.8 Å². The van der Waals surface area contributed by atoms with E-state index in [1.807, 2.05) is 65.6 Å². The Labute approximate surface area is 265 Å². The number of aromatic amines is 1. The van der Waals surface area contributed by atoms with Gasteiger partial charge in [-0.2, -0.15) is 0 Å². The molecule has 0 aliphatic carbocycles. The number of anilines is 1. The first kappa shape index (κ1) is 30.1. The van der Waals surface area contributed by atoms with Crippen molar-refractivity contribution in [3.63, 3.8) is 0 Å². The number of piperazine rings is 1. The van der Waals surface area contributed by atoms with E-state index < -0.39 is 12.0 Å². The number of pyridine rings is 1. The van der Waals surface area contributed by atoms with Gasteiger partial charge in [-0.25, -0.2) is 9.78 Å². The first-order valence-electron chi connectivity index (χ1n) is 14.8. The second-order valence-electron chi connectivity index (χ2n) is 10.9. The number of nitrogens with zero attached hydrogens (tertiary/aromatic N) is 4. The predicted octanol–water partition coefficient (Wildman–Crippen LogP) is 5.70. The number of para-hydroxylation sites is 1. The van der Waals surface area contributed by atoms with Crippen LogP contribution in [-0.2, 0) is 9.59 Å². The second kappa shape index (κ2) is 13.4. The van der Waals surface area contributed by atoms with Crippen molar-refractivity contribution >= 4 is 46.8 Å². The zero-order valence-corrected chi connectivity index (χ0v) is 25.6. The summed E-state index contributed by atoms with van der Waals surface area (Å²) in [5, 5.41) is 10.8. The Morgan fingerprint density at radius 3 is 2.13 bits per heavy atom. The van der Waals surface area contributed by atoms with Crippen LogP contribution in [0.3, 0.4) is 0 Å². The van der Waals surface area contributed by atoms with Gasteiger partial charge in [-0.1, -0.05) is 90.6 Å². The zero-order chi connectivity index (χ0) is 31.3. The maximum atomic E-state index is 13.9. The Balaban J connectivity index is 1.24. The summed E-state index contributed by atoms with van der Waals surface area (Å²) in [6.45, 7) is 4.13. The highest BCUT2D eigenvalue weighted by Gasteiger charge is 2.33. The summed E-state index contributed by atoms with van der Waals surface area (Å²) in [6, 6.07) is 30.6. The van der Waals surface area contributed by atoms with Crippen LogP contribution in [0.2, 0.25) is 0 Å². The van der Waals surface area contributed by atoms with E-state index in [1.165, 1.54) is 28.3 Å². The molecule has 1 saturated heterocycles. The Kier molecular flexibility index (Phi) is 8.95. The minimum Gasteiger partial charge on any atom is -0.478 e. The fourth-order valence-electron chi connectivity index (χ4n) is 5.92. The predicted molar refractivity (Wildman–Crippen MR) is 175 cm³/mol. The van der Waals surface area contributed by atoms with Crippen molar-refractivity contribution < 1.29 is 19.5 Å². The van der Waals surface area contributed by atoms with Gasteiger partial charge in [0.05, 0.1) is 16.5 Å². The minimum atomic E-state index is -1.09. The Hall–Kier alpha value is -4.93. The molecule has 228 valence electrons. The molecule has 1 aliphatic rings. The van der Waals surface area contributed by atoms with Gasteiger partial charge in [0.1, 0.15) is 16.9 Å². The third-order valence-corrected chi connectivity index (χ3v) is 9.34. The molecule has 1 atom stereocenters. The van der Waals surface area contributed by atoms with Crippen molar-refractivity contribution in [3.8, 4) is 0 Å². The Morgan fingerprint density at radius 2 is 1.51 bits per heavy atom. The third kappa shape index (κ3) is 6.20. The van der Waals surface area contributed by atoms with Gasteiger partial charge in [0.2, 0.25) is 12.3 Å². The third-order valence-electron chi connectivity index (χ3n) is 8.21. The molecule has 0 saturated carbocycles. The highest BCUT2D eigenvalue weighted by atomic mass is 32.2. The number of carbonyl (C=O) groups excluding carboxylic acids is 2. The van der Waals surface area contributed by atoms with Crippen LogP contribution in [0, 0.1) is 0 Å². The van der Waals surface area contributed by atoms with Crippen LogP contribution in [0.5, 0.6) is 0 Å². The van der Waals surface area contributed by atoms with Gasteiger partial charge in [0.15, 0.2) is 0 Å². The van der Waals surface area contributed by atoms with E-state index in [9.17, 15) is 19.5 Å². The number of carboxylic acid groups (broad SMARTS) is 1. The summed E-state index contributed by atoms with van der Waals surface area (Å²) in [4.78, 5) is 52.3. The molecule has 2 amide bonds. The number of hydrogen-bond donors (Lipinski definition) is 2. The van der Waals surface area contributed by atoms with Gasteiger partial charge in [-0.3, -0.25) is 19.4 Å². The standard InChI is InChI=1S/C35H33N5O4S/c1-24(34(42)39-21-19-38(20-22-39)30(25-11-4-2-5-12-25)26-13-6-3-7-14-26)40(23-41)32-31(27-15-8-9-17-29(27)37-32)45-33-28(35(43)44)16-10-18-36-33/h2-18,23-24,30,37H,19-22H2,1H3,(H,43,44)/t24-/m1/s1. The highest BCUT2D eigenvalue weighted by Crippen LogP contribution is 2.42. The number of H-pyrrole nitrogens is 1. The number of hydrogen-bond acceptors (Lipinski definition) is 6. The van der Waals surface area contributed by atoms with E-state index >= 15 is 0 Å². The van der Waals surface area contributed by atoms with Crippen molar-refractivity contribution in [1.82, 2.24) is 19.8 Å². The minimum absolute atomic E-state index is 0.0580. The molecule has 5 aromatic rings. The second-order valence-corrected chi connectivity index (χ2v) is 11.9. The van der Waals surface area contributed by atoms with Gasteiger partial charge in [0, 0.05) is 43.3 Å². The van der Waals surface area contributed by atoms with E-state index in [2.05, 4.69) is 39.1 Å². The number of aromatic nitrogens is 2. The first-order chi connectivity index (χ1) is 22.0. The average molecular weight is 620 g/mol. The van der Waals surface area contributed by atoms with E-state index in [0.29, 0.717) is 48.3 Å². The fourth-order valence-corrected chi connectivity index (χ4v) is 7.04. The van der Waals surface area contributed by atoms with E-state index in [1.54, 1.807) is 13.0 Å². The first-order valence-corrected chi connectivity index (χ1v) is 15.6. The number of fused-ring (bicyclic) bond motifs is 1. The van der Waals surface area contributed by atoms with Crippen molar-refractivity contribution in [1.29, 1.82) is 0 Å². The van der Waals surface area contributed by atoms with Gasteiger partial charge in [-0.05, 0) is 36.2 Å². The smallest absolute Gasteiger partial charge is 0.338 e. The largest absolute Gasteiger partial charge is 0.478 e. The lowest BCUT2D eigenvalue weighted by Gasteiger charge is -2.41. The lowest BCUT2D eigenvalue weighted by atomic mass is 9.96. The molecular weight excluding hydrogens is 586 g/mol. The molecule has 0 radical (unpaired) electrons. The Bertz CT molecular complexity index is 1770. The van der Waals surface area contributed by atoms with E-state index in [0.717, 1.165) is 22.7 Å². The number of amides is 2. The van der Waals surface area contributed by atoms with Crippen LogP contribution in [-0.4, -0.2) is 75.4 Å². The topological polar surface area (TPSA) is 110 Å². The van der Waals surface area contributed by atoms with E-state index in [-0.39, 0.29) is 17.5 Å². The average Bonchev–Trinajstić information content (AvgIpc) is 3.44. The van der Waals surface area contributed by atoms with Crippen molar-refractivity contribution in [2.75, 3.05) is 31.1 Å². The number of benzene rings is 3. The van der Waals surface area contributed by atoms with Crippen LogP contribution in [0.1, 0.15) is 34.5 Å². The maximum Gasteiger partial charge on any atom is 0.338 e. The number of carboxylic acids is 1. The van der Waals surface area contributed by atoms with Gasteiger partial charge >= 0.3 is 5.97 Å². The SMILES string of the molecule is C[C@H](C(=O)N1CCN(C(c2ccccc2)c2ccccc2)CC1)N(C=O)c1[nH]c2ccccc2c1Sc1ncccc1C(=O)O. The number of aromatic carboxylic acids is 1. The van der Waals surface area contributed by atoms with Gasteiger partial charge in [0.25, 0.3) is 0 Å². The van der Waals surface area contributed by atoms with Crippen LogP contribution in [0.4, 0.5) is 5.82 Å². The lowest BCUT2D eigenvalue weighted by Crippen LogP contribution is -2.54. The maximum absolute atomic E-state index is 13.9. The molecule has 9 nitrogen and oxygen atoms in total. The Morgan fingerprint density at radius 1 is 0.889 bits per heavy atom. The molecule has 2 N–H and O–H groups in total. The molecule has 6 rings (SSSR count). The molecule has 0 spiro atoms. The lowest BCUT2D eigenvalue weighted by molar-refractivity contribution is -0.135. The molecule has 0 bridgehead atoms. The van der Waals surface area contributed by atoms with Crippen LogP contribution < -0.4 is 4.90 Å². The van der Waals surface area contributed by atoms with Gasteiger partial charge in [-0.15, -0.1) is 0 Å². The summed E-state index contributed by atoms with van der Waals surface area (Å²) in [6.07, 6.45) is 2.19. The van der Waals surface area contributed by atoms with Crippen LogP contribution in [0.25, 0.3) is 10.9 Å². The van der Waals surface area contributed by atoms with Crippen molar-refractivity contribution in [2.45, 2.75) is 28.9 Å². The highest BCUT2D eigenvalue weighted by molar-refractivity contribution is 7.99. The number of rotatable bonds is 10. The fraction of sp³-hybridized carbons (Fsp3) is 0.200. The molecule has 45 heavy (non-hydrogen) atoms. The van der Waals surface area contributed by atoms with Crippen molar-refractivity contribution in [3.05, 3.63) is 120 Å². The summed E-state index contributed by atoms with van der Waals surface area (Å²) in [5.74, 6) is -0.828. The zero-order valence-electron chi connectivity index (χ0n) is 24.7. The summed E-state index contributed by atoms with van der Waals surface area (Å²) in [5.41, 5.74) is 3.22.